The van der Waals surface area contributed by atoms with Crippen molar-refractivity contribution in [3.63, 3.8) is 0 Å². The second kappa shape index (κ2) is 17.2. The summed E-state index contributed by atoms with van der Waals surface area (Å²) in [6.07, 6.45) is 5.94. The molecule has 0 saturated carbocycles. The van der Waals surface area contributed by atoms with Gasteiger partial charge in [-0.3, -0.25) is 4.79 Å². The Kier molecular flexibility index (Phi) is 16.7. The van der Waals surface area contributed by atoms with Crippen molar-refractivity contribution in [1.82, 2.24) is 4.90 Å². The van der Waals surface area contributed by atoms with Gasteiger partial charge in [-0.25, -0.2) is 0 Å². The van der Waals surface area contributed by atoms with Crippen molar-refractivity contribution in [2.24, 2.45) is 0 Å². The molecule has 7 heteroatoms. The first kappa shape index (κ1) is 27.3. The van der Waals surface area contributed by atoms with E-state index in [1.165, 1.54) is 49.8 Å². The van der Waals surface area contributed by atoms with Gasteiger partial charge in [0.1, 0.15) is 24.4 Å². The molecule has 0 fully saturated rings. The zero-order chi connectivity index (χ0) is 21.4. The topological polar surface area (TPSA) is 121 Å². The minimum Gasteiger partial charge on any atom is -0.394 e. The third-order valence-corrected chi connectivity index (χ3v) is 5.17. The van der Waals surface area contributed by atoms with E-state index >= 15 is 0 Å². The number of carbonyl (C=O) groups excluding carboxylic acids is 1. The molecule has 0 aliphatic rings. The predicted octanol–water partition coefficient (Wildman–Crippen LogP) is 1.58. The molecule has 0 radical (unpaired) electrons. The summed E-state index contributed by atoms with van der Waals surface area (Å²) >= 11 is 0. The SMILES string of the molecule is CCCCCCCCCCCCN(C[C@H](O)[C@@H](O)[C@H](O)[C@H](O)CO)C(=O)CC. The fourth-order valence-electron chi connectivity index (χ4n) is 3.23. The number of aliphatic hydroxyl groups excluding tert-OH is 5. The van der Waals surface area contributed by atoms with E-state index < -0.39 is 31.0 Å². The maximum atomic E-state index is 12.1. The van der Waals surface area contributed by atoms with Gasteiger partial charge in [-0.05, 0) is 6.42 Å². The lowest BCUT2D eigenvalue weighted by Gasteiger charge is -2.30. The number of unbranched alkanes of at least 4 members (excludes halogenated alkanes) is 9. The summed E-state index contributed by atoms with van der Waals surface area (Å²) in [4.78, 5) is 13.6. The van der Waals surface area contributed by atoms with E-state index in [2.05, 4.69) is 6.92 Å². The van der Waals surface area contributed by atoms with Crippen LogP contribution in [0.5, 0.6) is 0 Å². The minimum atomic E-state index is -1.67. The predicted molar refractivity (Wildman–Crippen MR) is 110 cm³/mol. The van der Waals surface area contributed by atoms with E-state index in [1.54, 1.807) is 6.92 Å². The van der Waals surface area contributed by atoms with Crippen LogP contribution in [0, 0.1) is 0 Å². The van der Waals surface area contributed by atoms with Gasteiger partial charge in [-0.1, -0.05) is 71.6 Å². The third-order valence-electron chi connectivity index (χ3n) is 5.17. The first-order valence-corrected chi connectivity index (χ1v) is 11.0. The van der Waals surface area contributed by atoms with Crippen molar-refractivity contribution in [1.29, 1.82) is 0 Å². The fraction of sp³-hybridized carbons (Fsp3) is 0.952. The molecule has 7 nitrogen and oxygen atoms in total. The molecule has 0 aliphatic heterocycles. The molecular formula is C21H43NO6. The Balaban J connectivity index is 4.16. The molecule has 0 unspecified atom stereocenters. The summed E-state index contributed by atoms with van der Waals surface area (Å²) in [5.41, 5.74) is 0. The van der Waals surface area contributed by atoms with Gasteiger partial charge in [0, 0.05) is 19.5 Å². The zero-order valence-electron chi connectivity index (χ0n) is 17.8. The summed E-state index contributed by atoms with van der Waals surface area (Å²) in [7, 11) is 0. The summed E-state index contributed by atoms with van der Waals surface area (Å²) in [6, 6.07) is 0. The average Bonchev–Trinajstić information content (AvgIpc) is 2.71. The van der Waals surface area contributed by atoms with Crippen LogP contribution in [0.1, 0.15) is 84.5 Å². The maximum Gasteiger partial charge on any atom is 0.222 e. The van der Waals surface area contributed by atoms with E-state index in [0.717, 1.165) is 19.3 Å². The number of nitrogens with zero attached hydrogens (tertiary/aromatic N) is 1. The molecule has 1 amide bonds. The van der Waals surface area contributed by atoms with Gasteiger partial charge in [-0.2, -0.15) is 0 Å². The van der Waals surface area contributed by atoms with Gasteiger partial charge in [0.25, 0.3) is 0 Å². The summed E-state index contributed by atoms with van der Waals surface area (Å²) in [6.45, 7) is 3.61. The van der Waals surface area contributed by atoms with E-state index in [4.69, 9.17) is 5.11 Å². The van der Waals surface area contributed by atoms with E-state index in [-0.39, 0.29) is 12.5 Å². The molecule has 0 heterocycles. The summed E-state index contributed by atoms with van der Waals surface area (Å²) in [5, 5.41) is 48.0. The Morgan fingerprint density at radius 1 is 0.750 bits per heavy atom. The smallest absolute Gasteiger partial charge is 0.222 e. The molecule has 168 valence electrons. The molecule has 0 aromatic carbocycles. The van der Waals surface area contributed by atoms with Crippen molar-refractivity contribution in [3.8, 4) is 0 Å². The average molecular weight is 406 g/mol. The molecule has 4 atom stereocenters. The number of carbonyl (C=O) groups is 1. The highest BCUT2D eigenvalue weighted by Crippen LogP contribution is 2.12. The highest BCUT2D eigenvalue weighted by Gasteiger charge is 2.31. The van der Waals surface area contributed by atoms with Gasteiger partial charge in [-0.15, -0.1) is 0 Å². The monoisotopic (exact) mass is 405 g/mol. The van der Waals surface area contributed by atoms with E-state index in [9.17, 15) is 25.2 Å². The van der Waals surface area contributed by atoms with Gasteiger partial charge in [0.05, 0.1) is 6.61 Å². The molecule has 0 aromatic heterocycles. The second-order valence-corrected chi connectivity index (χ2v) is 7.67. The van der Waals surface area contributed by atoms with Gasteiger partial charge in [0.2, 0.25) is 5.91 Å². The summed E-state index contributed by atoms with van der Waals surface area (Å²) in [5.74, 6) is -0.126. The number of hydrogen-bond donors (Lipinski definition) is 5. The van der Waals surface area contributed by atoms with E-state index in [1.807, 2.05) is 0 Å². The first-order valence-electron chi connectivity index (χ1n) is 11.0. The highest BCUT2D eigenvalue weighted by molar-refractivity contribution is 5.75. The largest absolute Gasteiger partial charge is 0.394 e. The standard InChI is InChI=1S/C21H43NO6/c1-3-5-6-7-8-9-10-11-12-13-14-22(19(26)4-2)15-17(24)20(27)21(28)18(25)16-23/h17-18,20-21,23-25,27-28H,3-16H2,1-2H3/t17-,18+,20+,21+/m0/s1. The maximum absolute atomic E-state index is 12.1. The second-order valence-electron chi connectivity index (χ2n) is 7.67. The Morgan fingerprint density at radius 3 is 1.68 bits per heavy atom. The Hall–Kier alpha value is -0.730. The van der Waals surface area contributed by atoms with Crippen LogP contribution in [-0.4, -0.2) is 80.5 Å². The van der Waals surface area contributed by atoms with Gasteiger partial charge in [0.15, 0.2) is 0 Å². The minimum absolute atomic E-state index is 0.111. The Bertz CT molecular complexity index is 382. The molecule has 0 saturated heterocycles. The van der Waals surface area contributed by atoms with E-state index in [0.29, 0.717) is 13.0 Å². The molecule has 0 rings (SSSR count). The normalized spacial score (nSPS) is 15.8. The lowest BCUT2D eigenvalue weighted by molar-refractivity contribution is -0.139. The van der Waals surface area contributed by atoms with Crippen LogP contribution < -0.4 is 0 Å². The van der Waals surface area contributed by atoms with Crippen LogP contribution in [0.25, 0.3) is 0 Å². The third kappa shape index (κ3) is 12.0. The summed E-state index contributed by atoms with van der Waals surface area (Å²) < 4.78 is 0. The first-order chi connectivity index (χ1) is 13.4. The molecule has 0 aromatic rings. The Labute approximate surface area is 170 Å². The van der Waals surface area contributed by atoms with Crippen molar-refractivity contribution < 1.29 is 30.3 Å². The van der Waals surface area contributed by atoms with Crippen LogP contribution >= 0.6 is 0 Å². The van der Waals surface area contributed by atoms with Crippen LogP contribution in [0.4, 0.5) is 0 Å². The molecule has 0 bridgehead atoms. The van der Waals surface area contributed by atoms with Crippen molar-refractivity contribution in [2.75, 3.05) is 19.7 Å². The number of aliphatic hydroxyl groups is 5. The molecule has 28 heavy (non-hydrogen) atoms. The zero-order valence-corrected chi connectivity index (χ0v) is 17.8. The number of amides is 1. The van der Waals surface area contributed by atoms with Crippen LogP contribution in [0.2, 0.25) is 0 Å². The fourth-order valence-corrected chi connectivity index (χ4v) is 3.23. The number of hydrogen-bond acceptors (Lipinski definition) is 6. The van der Waals surface area contributed by atoms with Crippen molar-refractivity contribution in [2.45, 2.75) is 109 Å². The van der Waals surface area contributed by atoms with Gasteiger partial charge >= 0.3 is 0 Å². The van der Waals surface area contributed by atoms with Crippen LogP contribution in [0.3, 0.4) is 0 Å². The molecule has 0 spiro atoms. The molecule has 0 aliphatic carbocycles. The lowest BCUT2D eigenvalue weighted by atomic mass is 10.0. The number of rotatable bonds is 18. The molecular weight excluding hydrogens is 362 g/mol. The van der Waals surface area contributed by atoms with Crippen molar-refractivity contribution in [3.05, 3.63) is 0 Å². The lowest BCUT2D eigenvalue weighted by Crippen LogP contribution is -2.50. The van der Waals surface area contributed by atoms with Crippen molar-refractivity contribution >= 4 is 5.91 Å². The van der Waals surface area contributed by atoms with Gasteiger partial charge < -0.3 is 30.4 Å². The quantitative estimate of drug-likeness (QED) is 0.221. The molecule has 5 N–H and O–H groups in total. The van der Waals surface area contributed by atoms with Crippen LogP contribution in [-0.2, 0) is 4.79 Å². The highest BCUT2D eigenvalue weighted by atomic mass is 16.4. The Morgan fingerprint density at radius 2 is 1.21 bits per heavy atom. The van der Waals surface area contributed by atoms with Crippen LogP contribution in [0.15, 0.2) is 0 Å².